The summed E-state index contributed by atoms with van der Waals surface area (Å²) in [6, 6.07) is 3.70. The SMILES string of the molecule is Cc1cnn(Cc2ccnc(C(=N)N)c2)c1. The number of hydrogen-bond acceptors (Lipinski definition) is 3. The molecule has 82 valence electrons. The summed E-state index contributed by atoms with van der Waals surface area (Å²) in [5, 5.41) is 11.5. The van der Waals surface area contributed by atoms with Gasteiger partial charge in [0.05, 0.1) is 12.7 Å². The minimum absolute atomic E-state index is 0.0153. The highest BCUT2D eigenvalue weighted by molar-refractivity contribution is 5.93. The summed E-state index contributed by atoms with van der Waals surface area (Å²) in [6.07, 6.45) is 5.43. The normalized spacial score (nSPS) is 10.3. The van der Waals surface area contributed by atoms with Crippen LogP contribution in [-0.4, -0.2) is 20.6 Å². The molecular weight excluding hydrogens is 202 g/mol. The summed E-state index contributed by atoms with van der Waals surface area (Å²) >= 11 is 0. The molecule has 2 heterocycles. The Hall–Kier alpha value is -2.17. The lowest BCUT2D eigenvalue weighted by Crippen LogP contribution is -2.13. The van der Waals surface area contributed by atoms with Gasteiger partial charge in [-0.05, 0) is 30.2 Å². The van der Waals surface area contributed by atoms with Crippen molar-refractivity contribution < 1.29 is 0 Å². The average molecular weight is 215 g/mol. The first-order valence-corrected chi connectivity index (χ1v) is 4.93. The molecule has 0 aromatic carbocycles. The highest BCUT2D eigenvalue weighted by Crippen LogP contribution is 2.04. The number of aromatic nitrogens is 3. The van der Waals surface area contributed by atoms with E-state index in [9.17, 15) is 0 Å². The molecule has 0 saturated carbocycles. The van der Waals surface area contributed by atoms with E-state index < -0.39 is 0 Å². The summed E-state index contributed by atoms with van der Waals surface area (Å²) in [4.78, 5) is 4.01. The van der Waals surface area contributed by atoms with Gasteiger partial charge in [-0.2, -0.15) is 5.10 Å². The van der Waals surface area contributed by atoms with Crippen LogP contribution in [0.5, 0.6) is 0 Å². The first kappa shape index (κ1) is 10.4. The van der Waals surface area contributed by atoms with E-state index in [0.717, 1.165) is 11.1 Å². The zero-order valence-electron chi connectivity index (χ0n) is 9.01. The molecule has 0 radical (unpaired) electrons. The number of amidine groups is 1. The molecule has 0 aliphatic rings. The number of hydrogen-bond donors (Lipinski definition) is 2. The molecule has 2 aromatic rings. The molecule has 0 amide bonds. The quantitative estimate of drug-likeness (QED) is 0.590. The fraction of sp³-hybridized carbons (Fsp3) is 0.182. The standard InChI is InChI=1S/C11H13N5/c1-8-5-15-16(6-8)7-9-2-3-14-10(4-9)11(12)13/h2-6H,7H2,1H3,(H3,12,13). The van der Waals surface area contributed by atoms with Gasteiger partial charge in [0.1, 0.15) is 11.5 Å². The van der Waals surface area contributed by atoms with Gasteiger partial charge in [-0.15, -0.1) is 0 Å². The van der Waals surface area contributed by atoms with Gasteiger partial charge in [0.15, 0.2) is 0 Å². The molecule has 0 aliphatic heterocycles. The van der Waals surface area contributed by atoms with Crippen LogP contribution in [0.1, 0.15) is 16.8 Å². The van der Waals surface area contributed by atoms with Gasteiger partial charge in [-0.3, -0.25) is 15.1 Å². The van der Waals surface area contributed by atoms with Crippen molar-refractivity contribution in [3.05, 3.63) is 47.5 Å². The lowest BCUT2D eigenvalue weighted by molar-refractivity contribution is 0.685. The van der Waals surface area contributed by atoms with E-state index in [-0.39, 0.29) is 5.84 Å². The summed E-state index contributed by atoms with van der Waals surface area (Å²) in [7, 11) is 0. The second kappa shape index (κ2) is 4.14. The van der Waals surface area contributed by atoms with Crippen LogP contribution in [-0.2, 0) is 6.54 Å². The van der Waals surface area contributed by atoms with Crippen molar-refractivity contribution in [2.75, 3.05) is 0 Å². The van der Waals surface area contributed by atoms with E-state index in [2.05, 4.69) is 10.1 Å². The Kier molecular flexibility index (Phi) is 2.68. The molecule has 0 unspecified atom stereocenters. The number of nitrogens with two attached hydrogens (primary N) is 1. The van der Waals surface area contributed by atoms with E-state index >= 15 is 0 Å². The lowest BCUT2D eigenvalue weighted by atomic mass is 10.2. The van der Waals surface area contributed by atoms with Crippen LogP contribution in [0.4, 0.5) is 0 Å². The Bertz CT molecular complexity index is 515. The Balaban J connectivity index is 2.21. The first-order valence-electron chi connectivity index (χ1n) is 4.93. The number of pyridine rings is 1. The van der Waals surface area contributed by atoms with Gasteiger partial charge >= 0.3 is 0 Å². The molecule has 16 heavy (non-hydrogen) atoms. The maximum Gasteiger partial charge on any atom is 0.141 e. The summed E-state index contributed by atoms with van der Waals surface area (Å²) < 4.78 is 1.84. The van der Waals surface area contributed by atoms with Crippen LogP contribution in [0.3, 0.4) is 0 Å². The lowest BCUT2D eigenvalue weighted by Gasteiger charge is -2.03. The molecule has 2 aromatic heterocycles. The van der Waals surface area contributed by atoms with E-state index in [0.29, 0.717) is 12.2 Å². The van der Waals surface area contributed by atoms with Gasteiger partial charge < -0.3 is 5.73 Å². The molecule has 0 aliphatic carbocycles. The van der Waals surface area contributed by atoms with Crippen LogP contribution in [0.25, 0.3) is 0 Å². The van der Waals surface area contributed by atoms with Crippen LogP contribution in [0.15, 0.2) is 30.7 Å². The topological polar surface area (TPSA) is 80.6 Å². The van der Waals surface area contributed by atoms with Crippen molar-refractivity contribution in [2.45, 2.75) is 13.5 Å². The fourth-order valence-electron chi connectivity index (χ4n) is 1.46. The molecule has 3 N–H and O–H groups in total. The third-order valence-electron chi connectivity index (χ3n) is 2.21. The average Bonchev–Trinajstić information content (AvgIpc) is 2.64. The predicted octanol–water partition coefficient (Wildman–Crippen LogP) is 0.919. The van der Waals surface area contributed by atoms with Crippen LogP contribution in [0.2, 0.25) is 0 Å². The van der Waals surface area contributed by atoms with Crippen molar-refractivity contribution in [1.82, 2.24) is 14.8 Å². The van der Waals surface area contributed by atoms with E-state index in [1.54, 1.807) is 12.3 Å². The zero-order chi connectivity index (χ0) is 11.5. The van der Waals surface area contributed by atoms with E-state index in [1.165, 1.54) is 0 Å². The van der Waals surface area contributed by atoms with Crippen molar-refractivity contribution >= 4 is 5.84 Å². The smallest absolute Gasteiger partial charge is 0.141 e. The largest absolute Gasteiger partial charge is 0.382 e. The monoisotopic (exact) mass is 215 g/mol. The Labute approximate surface area is 93.4 Å². The van der Waals surface area contributed by atoms with Gasteiger partial charge in [-0.1, -0.05) is 0 Å². The Morgan fingerprint density at radius 1 is 1.56 bits per heavy atom. The molecule has 0 spiro atoms. The van der Waals surface area contributed by atoms with Crippen LogP contribution < -0.4 is 5.73 Å². The molecule has 5 nitrogen and oxygen atoms in total. The third kappa shape index (κ3) is 2.25. The van der Waals surface area contributed by atoms with Gasteiger partial charge in [0.2, 0.25) is 0 Å². The molecule has 0 fully saturated rings. The highest BCUT2D eigenvalue weighted by atomic mass is 15.3. The zero-order valence-corrected chi connectivity index (χ0v) is 9.01. The van der Waals surface area contributed by atoms with Crippen molar-refractivity contribution in [2.24, 2.45) is 5.73 Å². The third-order valence-corrected chi connectivity index (χ3v) is 2.21. The highest BCUT2D eigenvalue weighted by Gasteiger charge is 2.01. The number of nitrogens with one attached hydrogen (secondary N) is 1. The van der Waals surface area contributed by atoms with Crippen molar-refractivity contribution in [3.8, 4) is 0 Å². The van der Waals surface area contributed by atoms with Crippen molar-refractivity contribution in [1.29, 1.82) is 5.41 Å². The van der Waals surface area contributed by atoms with E-state index in [1.807, 2.05) is 30.1 Å². The minimum atomic E-state index is -0.0153. The maximum absolute atomic E-state index is 7.31. The number of rotatable bonds is 3. The van der Waals surface area contributed by atoms with Crippen molar-refractivity contribution in [3.63, 3.8) is 0 Å². The predicted molar refractivity (Wildman–Crippen MR) is 61.3 cm³/mol. The molecule has 2 rings (SSSR count). The summed E-state index contributed by atoms with van der Waals surface area (Å²) in [5.74, 6) is -0.0153. The number of nitrogens with zero attached hydrogens (tertiary/aromatic N) is 3. The molecule has 0 bridgehead atoms. The Morgan fingerprint density at radius 3 is 3.00 bits per heavy atom. The molecular formula is C11H13N5. The fourth-order valence-corrected chi connectivity index (χ4v) is 1.46. The van der Waals surface area contributed by atoms with Crippen LogP contribution in [0, 0.1) is 12.3 Å². The maximum atomic E-state index is 7.31. The second-order valence-electron chi connectivity index (χ2n) is 3.68. The Morgan fingerprint density at radius 2 is 2.38 bits per heavy atom. The van der Waals surface area contributed by atoms with Gasteiger partial charge in [0.25, 0.3) is 0 Å². The number of aryl methyl sites for hydroxylation is 1. The van der Waals surface area contributed by atoms with Gasteiger partial charge in [-0.25, -0.2) is 0 Å². The van der Waals surface area contributed by atoms with Gasteiger partial charge in [0, 0.05) is 12.4 Å². The molecule has 0 atom stereocenters. The summed E-state index contributed by atoms with van der Waals surface area (Å²) in [5.41, 5.74) is 8.04. The van der Waals surface area contributed by atoms with E-state index in [4.69, 9.17) is 11.1 Å². The molecule has 5 heteroatoms. The number of nitrogen functional groups attached to an aromatic ring is 1. The first-order chi connectivity index (χ1) is 7.65. The second-order valence-corrected chi connectivity index (χ2v) is 3.68. The van der Waals surface area contributed by atoms with Crippen LogP contribution >= 0.6 is 0 Å². The molecule has 0 saturated heterocycles. The minimum Gasteiger partial charge on any atom is -0.382 e. The summed E-state index contributed by atoms with van der Waals surface area (Å²) in [6.45, 7) is 2.66.